The second-order valence-electron chi connectivity index (χ2n) is 4.56. The Morgan fingerprint density at radius 2 is 1.94 bits per heavy atom. The van der Waals surface area contributed by atoms with Gasteiger partial charge in [-0.25, -0.2) is 0 Å². The summed E-state index contributed by atoms with van der Waals surface area (Å²) < 4.78 is 1.01. The zero-order chi connectivity index (χ0) is 13.0. The van der Waals surface area contributed by atoms with Crippen molar-refractivity contribution in [2.45, 2.75) is 19.3 Å². The maximum Gasteiger partial charge on any atom is 0.0410 e. The van der Waals surface area contributed by atoms with Gasteiger partial charge in [0.05, 0.1) is 0 Å². The van der Waals surface area contributed by atoms with Crippen molar-refractivity contribution in [3.8, 4) is 0 Å². The topological polar surface area (TPSA) is 38.9 Å². The van der Waals surface area contributed by atoms with Crippen molar-refractivity contribution in [1.29, 1.82) is 0 Å². The molecule has 0 fully saturated rings. The molecule has 2 N–H and O–H groups in total. The second kappa shape index (κ2) is 6.12. The number of aryl methyl sites for hydroxylation is 1. The lowest BCUT2D eigenvalue weighted by Gasteiger charge is -2.15. The molecule has 0 saturated carbocycles. The van der Waals surface area contributed by atoms with E-state index in [4.69, 9.17) is 5.73 Å². The van der Waals surface area contributed by atoms with Gasteiger partial charge in [-0.3, -0.25) is 4.98 Å². The molecule has 3 heteroatoms. The number of aromatic nitrogens is 1. The highest BCUT2D eigenvalue weighted by atomic mass is 79.9. The van der Waals surface area contributed by atoms with Crippen LogP contribution in [0, 0.1) is 6.92 Å². The molecule has 1 atom stereocenters. The first kappa shape index (κ1) is 13.2. The third-order valence-corrected chi connectivity index (χ3v) is 3.51. The van der Waals surface area contributed by atoms with Crippen LogP contribution in [-0.2, 0) is 6.42 Å². The van der Waals surface area contributed by atoms with E-state index in [1.807, 2.05) is 6.20 Å². The molecule has 2 nitrogen and oxygen atoms in total. The largest absolute Gasteiger partial charge is 0.330 e. The zero-order valence-electron chi connectivity index (χ0n) is 10.4. The lowest BCUT2D eigenvalue weighted by molar-refractivity contribution is 0.692. The number of hydrogen-bond donors (Lipinski definition) is 1. The highest BCUT2D eigenvalue weighted by molar-refractivity contribution is 9.10. The number of rotatable bonds is 4. The first-order chi connectivity index (χ1) is 8.69. The normalized spacial score (nSPS) is 12.4. The summed E-state index contributed by atoms with van der Waals surface area (Å²) in [6.45, 7) is 2.75. The fourth-order valence-corrected chi connectivity index (χ4v) is 2.44. The van der Waals surface area contributed by atoms with Crippen LogP contribution in [0.2, 0.25) is 0 Å². The Morgan fingerprint density at radius 1 is 1.22 bits per heavy atom. The zero-order valence-corrected chi connectivity index (χ0v) is 12.0. The molecule has 0 radical (unpaired) electrons. The molecular weight excluding hydrogens is 288 g/mol. The van der Waals surface area contributed by atoms with Gasteiger partial charge in [0.25, 0.3) is 0 Å². The van der Waals surface area contributed by atoms with Crippen LogP contribution in [0.3, 0.4) is 0 Å². The van der Waals surface area contributed by atoms with Crippen molar-refractivity contribution >= 4 is 15.9 Å². The third kappa shape index (κ3) is 3.40. The van der Waals surface area contributed by atoms with E-state index < -0.39 is 0 Å². The Kier molecular flexibility index (Phi) is 4.50. The molecule has 1 aromatic carbocycles. The predicted octanol–water partition coefficient (Wildman–Crippen LogP) is 3.44. The molecule has 0 aliphatic rings. The van der Waals surface area contributed by atoms with Crippen LogP contribution < -0.4 is 5.73 Å². The van der Waals surface area contributed by atoms with Gasteiger partial charge in [-0.05, 0) is 53.0 Å². The Balaban J connectivity index is 2.17. The van der Waals surface area contributed by atoms with Crippen molar-refractivity contribution in [1.82, 2.24) is 4.98 Å². The van der Waals surface area contributed by atoms with E-state index in [1.165, 1.54) is 16.7 Å². The molecule has 0 amide bonds. The standard InChI is InChI=1S/C15H17BrN2/c1-11-2-4-13(5-3-11)14(8-17)6-12-7-15(16)10-18-9-12/h2-5,7,9-10,14H,6,8,17H2,1H3. The van der Waals surface area contributed by atoms with E-state index in [-0.39, 0.29) is 0 Å². The summed E-state index contributed by atoms with van der Waals surface area (Å²) in [5.74, 6) is 0.349. The first-order valence-corrected chi connectivity index (χ1v) is 6.84. The van der Waals surface area contributed by atoms with Crippen molar-refractivity contribution in [3.05, 3.63) is 63.9 Å². The van der Waals surface area contributed by atoms with Crippen LogP contribution in [-0.4, -0.2) is 11.5 Å². The summed E-state index contributed by atoms with van der Waals surface area (Å²) in [6.07, 6.45) is 4.63. The maximum absolute atomic E-state index is 5.90. The second-order valence-corrected chi connectivity index (χ2v) is 5.47. The van der Waals surface area contributed by atoms with E-state index >= 15 is 0 Å². The summed E-state index contributed by atoms with van der Waals surface area (Å²) in [7, 11) is 0. The molecular formula is C15H17BrN2. The Morgan fingerprint density at radius 3 is 2.56 bits per heavy atom. The lowest BCUT2D eigenvalue weighted by atomic mass is 9.92. The molecule has 2 rings (SSSR count). The maximum atomic E-state index is 5.90. The van der Waals surface area contributed by atoms with Gasteiger partial charge in [-0.15, -0.1) is 0 Å². The molecule has 1 heterocycles. The van der Waals surface area contributed by atoms with Crippen LogP contribution in [0.15, 0.2) is 47.2 Å². The molecule has 1 unspecified atom stereocenters. The summed E-state index contributed by atoms with van der Waals surface area (Å²) in [4.78, 5) is 4.19. The smallest absolute Gasteiger partial charge is 0.0410 e. The van der Waals surface area contributed by atoms with Gasteiger partial charge in [0.15, 0.2) is 0 Å². The van der Waals surface area contributed by atoms with Gasteiger partial charge in [0.2, 0.25) is 0 Å². The quantitative estimate of drug-likeness (QED) is 0.940. The summed E-state index contributed by atoms with van der Waals surface area (Å²) in [5, 5.41) is 0. The van der Waals surface area contributed by atoms with E-state index in [2.05, 4.69) is 58.2 Å². The lowest BCUT2D eigenvalue weighted by Crippen LogP contribution is -2.15. The molecule has 0 aliphatic heterocycles. The monoisotopic (exact) mass is 304 g/mol. The first-order valence-electron chi connectivity index (χ1n) is 6.05. The number of nitrogens with zero attached hydrogens (tertiary/aromatic N) is 1. The predicted molar refractivity (Wildman–Crippen MR) is 78.6 cm³/mol. The minimum atomic E-state index is 0.349. The highest BCUT2D eigenvalue weighted by Gasteiger charge is 2.10. The van der Waals surface area contributed by atoms with Gasteiger partial charge in [-0.2, -0.15) is 0 Å². The molecule has 94 valence electrons. The summed E-state index contributed by atoms with van der Waals surface area (Å²) >= 11 is 3.45. The van der Waals surface area contributed by atoms with Gasteiger partial charge in [-0.1, -0.05) is 29.8 Å². The van der Waals surface area contributed by atoms with E-state index in [0.29, 0.717) is 12.5 Å². The van der Waals surface area contributed by atoms with Crippen LogP contribution >= 0.6 is 15.9 Å². The van der Waals surface area contributed by atoms with Crippen LogP contribution in [0.4, 0.5) is 0 Å². The average Bonchev–Trinajstić information content (AvgIpc) is 2.37. The molecule has 1 aromatic heterocycles. The molecule has 2 aromatic rings. The van der Waals surface area contributed by atoms with Crippen LogP contribution in [0.1, 0.15) is 22.6 Å². The van der Waals surface area contributed by atoms with E-state index in [1.54, 1.807) is 6.20 Å². The molecule has 0 aliphatic carbocycles. The Labute approximate surface area is 116 Å². The van der Waals surface area contributed by atoms with Crippen molar-refractivity contribution in [2.75, 3.05) is 6.54 Å². The van der Waals surface area contributed by atoms with Crippen LogP contribution in [0.25, 0.3) is 0 Å². The Hall–Kier alpha value is -1.19. The third-order valence-electron chi connectivity index (χ3n) is 3.08. The number of halogens is 1. The van der Waals surface area contributed by atoms with E-state index in [9.17, 15) is 0 Å². The highest BCUT2D eigenvalue weighted by Crippen LogP contribution is 2.21. The van der Waals surface area contributed by atoms with Crippen molar-refractivity contribution in [3.63, 3.8) is 0 Å². The SMILES string of the molecule is Cc1ccc(C(CN)Cc2cncc(Br)c2)cc1. The summed E-state index contributed by atoms with van der Waals surface area (Å²) in [6, 6.07) is 10.7. The fourth-order valence-electron chi connectivity index (χ4n) is 2.03. The average molecular weight is 305 g/mol. The van der Waals surface area contributed by atoms with Gasteiger partial charge in [0.1, 0.15) is 0 Å². The Bertz CT molecular complexity index is 508. The molecule has 0 bridgehead atoms. The number of pyridine rings is 1. The minimum Gasteiger partial charge on any atom is -0.330 e. The van der Waals surface area contributed by atoms with Crippen molar-refractivity contribution in [2.24, 2.45) is 5.73 Å². The van der Waals surface area contributed by atoms with Gasteiger partial charge in [0, 0.05) is 22.8 Å². The van der Waals surface area contributed by atoms with Crippen LogP contribution in [0.5, 0.6) is 0 Å². The van der Waals surface area contributed by atoms with Crippen molar-refractivity contribution < 1.29 is 0 Å². The number of benzene rings is 1. The van der Waals surface area contributed by atoms with Gasteiger partial charge >= 0.3 is 0 Å². The van der Waals surface area contributed by atoms with E-state index in [0.717, 1.165) is 10.9 Å². The number of hydrogen-bond acceptors (Lipinski definition) is 2. The molecule has 18 heavy (non-hydrogen) atoms. The van der Waals surface area contributed by atoms with Gasteiger partial charge < -0.3 is 5.73 Å². The number of nitrogens with two attached hydrogens (primary N) is 1. The molecule has 0 spiro atoms. The summed E-state index contributed by atoms with van der Waals surface area (Å²) in [5.41, 5.74) is 9.68. The fraction of sp³-hybridized carbons (Fsp3) is 0.267. The molecule has 0 saturated heterocycles. The minimum absolute atomic E-state index is 0.349.